The van der Waals surface area contributed by atoms with Gasteiger partial charge in [0.2, 0.25) is 0 Å². The van der Waals surface area contributed by atoms with Crippen LogP contribution in [0.4, 0.5) is 0 Å². The van der Waals surface area contributed by atoms with Gasteiger partial charge in [0.1, 0.15) is 0 Å². The van der Waals surface area contributed by atoms with Crippen LogP contribution in [0.3, 0.4) is 0 Å². The molecule has 0 fully saturated rings. The zero-order chi connectivity index (χ0) is 13.1. The molecule has 19 heavy (non-hydrogen) atoms. The quantitative estimate of drug-likeness (QED) is 0.845. The Kier molecular flexibility index (Phi) is 5.59. The molecule has 0 amide bonds. The molecule has 0 aliphatic rings. The third-order valence-corrected chi connectivity index (χ3v) is 3.33. The number of hydrogen-bond acceptors (Lipinski definition) is 1. The van der Waals surface area contributed by atoms with E-state index in [0.717, 1.165) is 0 Å². The highest BCUT2D eigenvalue weighted by Crippen LogP contribution is 2.29. The van der Waals surface area contributed by atoms with Crippen LogP contribution in [0.5, 0.6) is 0 Å². The van der Waals surface area contributed by atoms with Crippen LogP contribution in [0, 0.1) is 0 Å². The summed E-state index contributed by atoms with van der Waals surface area (Å²) >= 11 is 0. The summed E-state index contributed by atoms with van der Waals surface area (Å²) in [6.07, 6.45) is 0. The van der Waals surface area contributed by atoms with Crippen molar-refractivity contribution in [2.75, 3.05) is 0 Å². The second-order valence-corrected chi connectivity index (χ2v) is 5.15. The molecule has 1 atom stereocenters. The number of hydrogen-bond donors (Lipinski definition) is 1. The van der Waals surface area contributed by atoms with Crippen molar-refractivity contribution >= 4 is 12.4 Å². The molecule has 2 aromatic carbocycles. The van der Waals surface area contributed by atoms with Crippen LogP contribution in [0.25, 0.3) is 11.1 Å². The van der Waals surface area contributed by atoms with Gasteiger partial charge in [-0.25, -0.2) is 0 Å². The van der Waals surface area contributed by atoms with Crippen molar-refractivity contribution in [2.24, 2.45) is 5.73 Å². The molecule has 0 radical (unpaired) electrons. The predicted octanol–water partition coefficient (Wildman–Crippen LogP) is 4.92. The van der Waals surface area contributed by atoms with E-state index >= 15 is 0 Å². The first-order valence-electron chi connectivity index (χ1n) is 6.54. The molecule has 2 heteroatoms. The SMILES string of the molecule is CC(C)c1ccccc1-c1ccc(C(C)N)cc1.Cl. The number of halogens is 1. The van der Waals surface area contributed by atoms with Gasteiger partial charge in [-0.05, 0) is 35.1 Å². The number of rotatable bonds is 3. The van der Waals surface area contributed by atoms with Gasteiger partial charge in [0.05, 0.1) is 0 Å². The third-order valence-electron chi connectivity index (χ3n) is 3.33. The van der Waals surface area contributed by atoms with Gasteiger partial charge in [0, 0.05) is 6.04 Å². The topological polar surface area (TPSA) is 26.0 Å². The molecule has 0 saturated heterocycles. The van der Waals surface area contributed by atoms with Crippen LogP contribution in [-0.4, -0.2) is 0 Å². The van der Waals surface area contributed by atoms with Gasteiger partial charge in [0.15, 0.2) is 0 Å². The van der Waals surface area contributed by atoms with E-state index in [1.165, 1.54) is 22.3 Å². The van der Waals surface area contributed by atoms with Crippen LogP contribution in [-0.2, 0) is 0 Å². The first kappa shape index (κ1) is 15.7. The van der Waals surface area contributed by atoms with Crippen molar-refractivity contribution in [3.05, 3.63) is 59.7 Å². The molecule has 0 aliphatic carbocycles. The fourth-order valence-electron chi connectivity index (χ4n) is 2.23. The predicted molar refractivity (Wildman–Crippen MR) is 85.8 cm³/mol. The molecule has 0 heterocycles. The zero-order valence-corrected chi connectivity index (χ0v) is 12.6. The average Bonchev–Trinajstić information content (AvgIpc) is 2.39. The highest BCUT2D eigenvalue weighted by atomic mass is 35.5. The molecule has 0 spiro atoms. The molecule has 0 aliphatic heterocycles. The van der Waals surface area contributed by atoms with E-state index in [0.29, 0.717) is 5.92 Å². The van der Waals surface area contributed by atoms with E-state index in [4.69, 9.17) is 5.73 Å². The smallest absolute Gasteiger partial charge is 0.0266 e. The largest absolute Gasteiger partial charge is 0.324 e. The summed E-state index contributed by atoms with van der Waals surface area (Å²) in [5.74, 6) is 0.536. The Morgan fingerprint density at radius 2 is 1.42 bits per heavy atom. The second kappa shape index (κ2) is 6.74. The van der Waals surface area contributed by atoms with Crippen LogP contribution >= 0.6 is 12.4 Å². The van der Waals surface area contributed by atoms with Crippen molar-refractivity contribution < 1.29 is 0 Å². The molecule has 2 aromatic rings. The Balaban J connectivity index is 0.00000180. The maximum atomic E-state index is 5.88. The Morgan fingerprint density at radius 1 is 0.842 bits per heavy atom. The molecule has 0 bridgehead atoms. The third kappa shape index (κ3) is 3.59. The van der Waals surface area contributed by atoms with Gasteiger partial charge in [0.25, 0.3) is 0 Å². The Labute approximate surface area is 122 Å². The van der Waals surface area contributed by atoms with Crippen LogP contribution < -0.4 is 5.73 Å². The van der Waals surface area contributed by atoms with Gasteiger partial charge < -0.3 is 5.73 Å². The molecule has 1 unspecified atom stereocenters. The summed E-state index contributed by atoms with van der Waals surface area (Å²) in [5, 5.41) is 0. The van der Waals surface area contributed by atoms with E-state index in [2.05, 4.69) is 62.4 Å². The Bertz CT molecular complexity index is 515. The average molecular weight is 276 g/mol. The highest BCUT2D eigenvalue weighted by molar-refractivity contribution is 5.85. The van der Waals surface area contributed by atoms with Gasteiger partial charge in [-0.1, -0.05) is 62.4 Å². The maximum Gasteiger partial charge on any atom is 0.0266 e. The van der Waals surface area contributed by atoms with Crippen molar-refractivity contribution in [3.8, 4) is 11.1 Å². The summed E-state index contributed by atoms with van der Waals surface area (Å²) in [6, 6.07) is 17.3. The lowest BCUT2D eigenvalue weighted by Gasteiger charge is -2.13. The van der Waals surface area contributed by atoms with Crippen molar-refractivity contribution in [3.63, 3.8) is 0 Å². The minimum absolute atomic E-state index is 0. The van der Waals surface area contributed by atoms with Gasteiger partial charge in [-0.2, -0.15) is 0 Å². The Morgan fingerprint density at radius 3 is 1.95 bits per heavy atom. The van der Waals surface area contributed by atoms with Crippen molar-refractivity contribution in [1.29, 1.82) is 0 Å². The molecule has 0 aromatic heterocycles. The zero-order valence-electron chi connectivity index (χ0n) is 11.8. The summed E-state index contributed by atoms with van der Waals surface area (Å²) in [5.41, 5.74) is 11.0. The lowest BCUT2D eigenvalue weighted by molar-refractivity contribution is 0.818. The highest BCUT2D eigenvalue weighted by Gasteiger charge is 2.08. The van der Waals surface area contributed by atoms with Crippen LogP contribution in [0.2, 0.25) is 0 Å². The number of benzene rings is 2. The van der Waals surface area contributed by atoms with Crippen molar-refractivity contribution in [2.45, 2.75) is 32.7 Å². The summed E-state index contributed by atoms with van der Waals surface area (Å²) in [6.45, 7) is 6.47. The summed E-state index contributed by atoms with van der Waals surface area (Å²) in [7, 11) is 0. The monoisotopic (exact) mass is 275 g/mol. The molecular weight excluding hydrogens is 254 g/mol. The lowest BCUT2D eigenvalue weighted by atomic mass is 9.92. The first-order chi connectivity index (χ1) is 8.59. The minimum atomic E-state index is 0. The maximum absolute atomic E-state index is 5.88. The summed E-state index contributed by atoms with van der Waals surface area (Å²) < 4.78 is 0. The van der Waals surface area contributed by atoms with E-state index in [9.17, 15) is 0 Å². The molecule has 102 valence electrons. The standard InChI is InChI=1S/C17H21N.ClH/c1-12(2)16-6-4-5-7-17(16)15-10-8-14(9-11-15)13(3)18;/h4-13H,18H2,1-3H3;1H. The fraction of sp³-hybridized carbons (Fsp3) is 0.294. The van der Waals surface area contributed by atoms with E-state index < -0.39 is 0 Å². The molecule has 2 rings (SSSR count). The van der Waals surface area contributed by atoms with Gasteiger partial charge in [-0.15, -0.1) is 12.4 Å². The second-order valence-electron chi connectivity index (χ2n) is 5.15. The van der Waals surface area contributed by atoms with Gasteiger partial charge >= 0.3 is 0 Å². The summed E-state index contributed by atoms with van der Waals surface area (Å²) in [4.78, 5) is 0. The molecule has 2 N–H and O–H groups in total. The van der Waals surface area contributed by atoms with Gasteiger partial charge in [-0.3, -0.25) is 0 Å². The minimum Gasteiger partial charge on any atom is -0.324 e. The first-order valence-corrected chi connectivity index (χ1v) is 6.54. The van der Waals surface area contributed by atoms with E-state index in [-0.39, 0.29) is 18.4 Å². The lowest BCUT2D eigenvalue weighted by Crippen LogP contribution is -2.04. The van der Waals surface area contributed by atoms with E-state index in [1.54, 1.807) is 0 Å². The van der Waals surface area contributed by atoms with E-state index in [1.807, 2.05) is 6.92 Å². The van der Waals surface area contributed by atoms with Crippen LogP contribution in [0.15, 0.2) is 48.5 Å². The number of nitrogens with two attached hydrogens (primary N) is 1. The molecular formula is C17H22ClN. The van der Waals surface area contributed by atoms with Crippen LogP contribution in [0.1, 0.15) is 43.9 Å². The Hall–Kier alpha value is -1.31. The molecule has 0 saturated carbocycles. The van der Waals surface area contributed by atoms with Crippen molar-refractivity contribution in [1.82, 2.24) is 0 Å². The fourth-order valence-corrected chi connectivity index (χ4v) is 2.23. The molecule has 1 nitrogen and oxygen atoms in total. The normalized spacial score (nSPS) is 12.1.